The van der Waals surface area contributed by atoms with Crippen molar-refractivity contribution in [1.82, 2.24) is 14.5 Å². The summed E-state index contributed by atoms with van der Waals surface area (Å²) < 4.78 is 45.2. The molecule has 2 aromatic heterocycles. The van der Waals surface area contributed by atoms with E-state index in [1.54, 1.807) is 20.2 Å². The number of rotatable bonds is 7. The van der Waals surface area contributed by atoms with Gasteiger partial charge in [-0.3, -0.25) is 4.79 Å². The van der Waals surface area contributed by atoms with Crippen LogP contribution in [0.4, 0.5) is 4.39 Å². The van der Waals surface area contributed by atoms with E-state index in [0.717, 1.165) is 12.8 Å². The first-order chi connectivity index (χ1) is 14.3. The Morgan fingerprint density at radius 2 is 2.03 bits per heavy atom. The van der Waals surface area contributed by atoms with Gasteiger partial charge in [-0.2, -0.15) is 0 Å². The van der Waals surface area contributed by atoms with Crippen LogP contribution in [0.1, 0.15) is 25.6 Å². The number of halogens is 1. The molecule has 2 heterocycles. The van der Waals surface area contributed by atoms with Crippen LogP contribution in [0.3, 0.4) is 0 Å². The number of hydrogen-bond donors (Lipinski definition) is 0. The van der Waals surface area contributed by atoms with Gasteiger partial charge in [-0.15, -0.1) is 0 Å². The van der Waals surface area contributed by atoms with Crippen LogP contribution in [0, 0.1) is 11.7 Å². The van der Waals surface area contributed by atoms with Gasteiger partial charge in [0, 0.05) is 24.6 Å². The molecule has 7 nitrogen and oxygen atoms in total. The van der Waals surface area contributed by atoms with Crippen LogP contribution >= 0.6 is 0 Å². The number of aromatic nitrogens is 3. The number of fused-ring (bicyclic) bond motifs is 1. The molecule has 158 valence electrons. The van der Waals surface area contributed by atoms with Crippen molar-refractivity contribution in [2.45, 2.75) is 25.5 Å². The maximum Gasteiger partial charge on any atom is 0.258 e. The van der Waals surface area contributed by atoms with Gasteiger partial charge in [0.2, 0.25) is 0 Å². The van der Waals surface area contributed by atoms with E-state index in [0.29, 0.717) is 34.9 Å². The second kappa shape index (κ2) is 7.79. The van der Waals surface area contributed by atoms with Gasteiger partial charge < -0.3 is 9.30 Å². The van der Waals surface area contributed by atoms with E-state index in [1.165, 1.54) is 29.0 Å². The Balaban J connectivity index is 1.90. The summed E-state index contributed by atoms with van der Waals surface area (Å²) in [4.78, 5) is 21.2. The zero-order chi connectivity index (χ0) is 21.5. The Morgan fingerprint density at radius 1 is 1.27 bits per heavy atom. The highest BCUT2D eigenvalue weighted by atomic mass is 32.2. The molecule has 1 aromatic carbocycles. The second-order valence-electron chi connectivity index (χ2n) is 7.58. The fourth-order valence-corrected chi connectivity index (χ4v) is 3.93. The third-order valence-electron chi connectivity index (χ3n) is 5.17. The normalized spacial score (nSPS) is 14.2. The van der Waals surface area contributed by atoms with Gasteiger partial charge in [-0.1, -0.05) is 13.0 Å². The topological polar surface area (TPSA) is 91.2 Å². The molecule has 0 atom stereocenters. The van der Waals surface area contributed by atoms with E-state index in [2.05, 4.69) is 9.97 Å². The fraction of sp³-hybridized carbons (Fsp3) is 0.381. The largest absolute Gasteiger partial charge is 0.489 e. The number of nitrogens with zero attached hydrogens (tertiary/aromatic N) is 3. The number of ether oxygens (including phenoxy) is 1. The average molecular weight is 431 g/mol. The highest BCUT2D eigenvalue weighted by Crippen LogP contribution is 2.35. The summed E-state index contributed by atoms with van der Waals surface area (Å²) in [7, 11) is -1.76. The maximum atomic E-state index is 13.8. The average Bonchev–Trinajstić information content (AvgIpc) is 3.54. The van der Waals surface area contributed by atoms with Crippen molar-refractivity contribution in [3.63, 3.8) is 0 Å². The Bertz CT molecular complexity index is 1280. The van der Waals surface area contributed by atoms with Crippen LogP contribution in [0.5, 0.6) is 5.75 Å². The minimum Gasteiger partial charge on any atom is -0.489 e. The van der Waals surface area contributed by atoms with E-state index < -0.39 is 15.7 Å². The van der Waals surface area contributed by atoms with Crippen LogP contribution in [0.2, 0.25) is 0 Å². The first-order valence-electron chi connectivity index (χ1n) is 9.76. The van der Waals surface area contributed by atoms with Crippen LogP contribution in [0.15, 0.2) is 35.4 Å². The minimum atomic E-state index is -3.33. The lowest BCUT2D eigenvalue weighted by atomic mass is 10.0. The molecule has 1 aliphatic rings. The number of hydrogen-bond acceptors (Lipinski definition) is 6. The number of pyridine rings is 1. The Morgan fingerprint density at radius 3 is 2.73 bits per heavy atom. The first kappa shape index (κ1) is 20.5. The van der Waals surface area contributed by atoms with E-state index in [1.807, 2.05) is 0 Å². The molecule has 0 amide bonds. The molecule has 1 fully saturated rings. The summed E-state index contributed by atoms with van der Waals surface area (Å²) in [6, 6.07) is 3.99. The van der Waals surface area contributed by atoms with Gasteiger partial charge in [0.25, 0.3) is 5.56 Å². The number of sulfone groups is 1. The van der Waals surface area contributed by atoms with Gasteiger partial charge in [0.05, 0.1) is 18.2 Å². The quantitative estimate of drug-likeness (QED) is 0.571. The van der Waals surface area contributed by atoms with Crippen molar-refractivity contribution in [1.29, 1.82) is 0 Å². The highest BCUT2D eigenvalue weighted by Gasteiger charge is 2.24. The molecule has 0 spiro atoms. The van der Waals surface area contributed by atoms with E-state index in [4.69, 9.17) is 4.74 Å². The zero-order valence-corrected chi connectivity index (χ0v) is 17.6. The van der Waals surface area contributed by atoms with Gasteiger partial charge in [0.15, 0.2) is 15.6 Å². The minimum absolute atomic E-state index is 0.0202. The second-order valence-corrected chi connectivity index (χ2v) is 9.93. The SMILES string of the molecule is CCS(=O)(=O)Cc1ncc(OCC2CC2)c(-c2cn(C)c(=O)c3cc(F)ccc23)n1. The molecular formula is C21H22FN3O4S. The predicted molar refractivity (Wildman–Crippen MR) is 112 cm³/mol. The Hall–Kier alpha value is -2.81. The van der Waals surface area contributed by atoms with E-state index in [9.17, 15) is 17.6 Å². The summed E-state index contributed by atoms with van der Waals surface area (Å²) >= 11 is 0. The third kappa shape index (κ3) is 4.21. The van der Waals surface area contributed by atoms with Crippen LogP contribution in [-0.4, -0.2) is 35.3 Å². The zero-order valence-electron chi connectivity index (χ0n) is 16.8. The predicted octanol–water partition coefficient (Wildman–Crippen LogP) is 2.86. The Labute approximate surface area is 173 Å². The lowest BCUT2D eigenvalue weighted by Crippen LogP contribution is -2.17. The van der Waals surface area contributed by atoms with Gasteiger partial charge in [0.1, 0.15) is 23.1 Å². The molecule has 0 unspecified atom stereocenters. The number of benzene rings is 1. The van der Waals surface area contributed by atoms with Gasteiger partial charge in [-0.05, 0) is 36.3 Å². The molecule has 0 radical (unpaired) electrons. The lowest BCUT2D eigenvalue weighted by molar-refractivity contribution is 0.298. The van der Waals surface area contributed by atoms with E-state index in [-0.39, 0.29) is 28.3 Å². The molecule has 9 heteroatoms. The third-order valence-corrected chi connectivity index (χ3v) is 6.74. The summed E-state index contributed by atoms with van der Waals surface area (Å²) in [5.74, 6) is 0.215. The molecular weight excluding hydrogens is 409 g/mol. The molecule has 0 N–H and O–H groups in total. The Kier molecular flexibility index (Phi) is 5.31. The molecule has 30 heavy (non-hydrogen) atoms. The molecule has 0 saturated heterocycles. The first-order valence-corrected chi connectivity index (χ1v) is 11.6. The molecule has 1 aliphatic carbocycles. The van der Waals surface area contributed by atoms with Crippen molar-refractivity contribution in [3.8, 4) is 17.0 Å². The van der Waals surface area contributed by atoms with Gasteiger partial charge in [-0.25, -0.2) is 22.8 Å². The lowest BCUT2D eigenvalue weighted by Gasteiger charge is -2.14. The standard InChI is InChI=1S/C21H22FN3O4S/c1-3-30(27,28)12-19-23-9-18(29-11-13-4-5-13)20(24-19)17-10-25(2)21(26)16-8-14(22)6-7-15(16)17/h6-10,13H,3-5,11-12H2,1-2H3. The van der Waals surface area contributed by atoms with Gasteiger partial charge >= 0.3 is 0 Å². The molecule has 1 saturated carbocycles. The van der Waals surface area contributed by atoms with Crippen molar-refractivity contribution in [2.24, 2.45) is 13.0 Å². The van der Waals surface area contributed by atoms with Crippen molar-refractivity contribution >= 4 is 20.6 Å². The molecule has 0 bridgehead atoms. The van der Waals surface area contributed by atoms with Crippen molar-refractivity contribution in [2.75, 3.05) is 12.4 Å². The summed E-state index contributed by atoms with van der Waals surface area (Å²) in [5, 5.41) is 0.725. The summed E-state index contributed by atoms with van der Waals surface area (Å²) in [5.41, 5.74) is 0.603. The smallest absolute Gasteiger partial charge is 0.258 e. The summed E-state index contributed by atoms with van der Waals surface area (Å²) in [6.07, 6.45) is 5.29. The molecule has 3 aromatic rings. The number of aryl methyl sites for hydroxylation is 1. The van der Waals surface area contributed by atoms with E-state index >= 15 is 0 Å². The van der Waals surface area contributed by atoms with Crippen molar-refractivity contribution < 1.29 is 17.5 Å². The summed E-state index contributed by atoms with van der Waals surface area (Å²) in [6.45, 7) is 2.08. The van der Waals surface area contributed by atoms with Crippen molar-refractivity contribution in [3.05, 3.63) is 52.6 Å². The molecule has 4 rings (SSSR count). The molecule has 0 aliphatic heterocycles. The maximum absolute atomic E-state index is 13.8. The van der Waals surface area contributed by atoms with Crippen LogP contribution < -0.4 is 10.3 Å². The monoisotopic (exact) mass is 431 g/mol. The fourth-order valence-electron chi connectivity index (χ4n) is 3.20. The van der Waals surface area contributed by atoms with Crippen LogP contribution in [0.25, 0.3) is 22.0 Å². The van der Waals surface area contributed by atoms with Crippen LogP contribution in [-0.2, 0) is 22.6 Å². The highest BCUT2D eigenvalue weighted by molar-refractivity contribution is 7.90.